The summed E-state index contributed by atoms with van der Waals surface area (Å²) in [4.78, 5) is 12.2. The number of ether oxygens (including phenoxy) is 1. The molecule has 1 amide bonds. The average molecular weight is 358 g/mol. The summed E-state index contributed by atoms with van der Waals surface area (Å²) < 4.78 is 5.64. The van der Waals surface area contributed by atoms with Gasteiger partial charge in [0.1, 0.15) is 5.75 Å². The van der Waals surface area contributed by atoms with Gasteiger partial charge in [0.05, 0.1) is 11.9 Å². The molecule has 0 saturated heterocycles. The maximum absolute atomic E-state index is 12.2. The first-order chi connectivity index (χ1) is 12.2. The molecular formula is C21H27NO2S. The van der Waals surface area contributed by atoms with Crippen LogP contribution in [0.1, 0.15) is 31.4 Å². The molecule has 0 aliphatic carbocycles. The number of aryl methyl sites for hydroxylation is 1. The van der Waals surface area contributed by atoms with E-state index in [2.05, 4.69) is 23.5 Å². The first-order valence-corrected chi connectivity index (χ1v) is 9.89. The van der Waals surface area contributed by atoms with Crippen molar-refractivity contribution < 1.29 is 9.53 Å². The molecule has 0 bridgehead atoms. The molecule has 1 atom stereocenters. The van der Waals surface area contributed by atoms with Crippen molar-refractivity contribution in [3.8, 4) is 5.75 Å². The number of amides is 1. The van der Waals surface area contributed by atoms with E-state index in [9.17, 15) is 4.79 Å². The standard InChI is InChI=1S/C21H27NO2S/c1-3-24-20-14-8-7-12-19(20)13-9-15-22-21(23)17(2)25-16-18-10-5-4-6-11-18/h4-8,10-12,14,17H,3,9,13,15-16H2,1-2H3,(H,22,23)/t17-/m0/s1. The number of thioether (sulfide) groups is 1. The monoisotopic (exact) mass is 357 g/mol. The van der Waals surface area contributed by atoms with Crippen LogP contribution in [-0.4, -0.2) is 24.3 Å². The molecule has 0 saturated carbocycles. The van der Waals surface area contributed by atoms with E-state index in [1.807, 2.05) is 50.2 Å². The third-order valence-corrected chi connectivity index (χ3v) is 5.12. The zero-order valence-electron chi connectivity index (χ0n) is 15.0. The predicted octanol–water partition coefficient (Wildman–Crippen LogP) is 4.46. The van der Waals surface area contributed by atoms with Crippen LogP contribution >= 0.6 is 11.8 Å². The minimum atomic E-state index is -0.0454. The summed E-state index contributed by atoms with van der Waals surface area (Å²) in [5.74, 6) is 1.92. The minimum Gasteiger partial charge on any atom is -0.494 e. The van der Waals surface area contributed by atoms with Gasteiger partial charge in [-0.15, -0.1) is 11.8 Å². The molecule has 2 aromatic carbocycles. The Bertz CT molecular complexity index is 645. The number of hydrogen-bond donors (Lipinski definition) is 1. The van der Waals surface area contributed by atoms with Gasteiger partial charge in [0, 0.05) is 12.3 Å². The Morgan fingerprint density at radius 3 is 2.60 bits per heavy atom. The van der Waals surface area contributed by atoms with E-state index >= 15 is 0 Å². The number of hydrogen-bond acceptors (Lipinski definition) is 3. The van der Waals surface area contributed by atoms with Gasteiger partial charge in [-0.05, 0) is 43.9 Å². The third-order valence-electron chi connectivity index (χ3n) is 3.91. The molecule has 0 aromatic heterocycles. The van der Waals surface area contributed by atoms with Gasteiger partial charge in [0.2, 0.25) is 5.91 Å². The molecule has 2 aromatic rings. The molecule has 0 fully saturated rings. The lowest BCUT2D eigenvalue weighted by Crippen LogP contribution is -2.31. The van der Waals surface area contributed by atoms with Crippen LogP contribution in [0.25, 0.3) is 0 Å². The highest BCUT2D eigenvalue weighted by molar-refractivity contribution is 7.99. The van der Waals surface area contributed by atoms with Gasteiger partial charge in [0.25, 0.3) is 0 Å². The number of carbonyl (C=O) groups is 1. The van der Waals surface area contributed by atoms with Crippen LogP contribution in [0.4, 0.5) is 0 Å². The maximum atomic E-state index is 12.2. The summed E-state index contributed by atoms with van der Waals surface area (Å²) in [6.07, 6.45) is 1.81. The number of rotatable bonds is 10. The zero-order valence-corrected chi connectivity index (χ0v) is 15.9. The molecule has 3 nitrogen and oxygen atoms in total. The smallest absolute Gasteiger partial charge is 0.232 e. The molecule has 4 heteroatoms. The Hall–Kier alpha value is -1.94. The maximum Gasteiger partial charge on any atom is 0.232 e. The Kier molecular flexibility index (Phi) is 8.40. The molecule has 0 aliphatic heterocycles. The van der Waals surface area contributed by atoms with Gasteiger partial charge in [-0.2, -0.15) is 0 Å². The van der Waals surface area contributed by atoms with Crippen molar-refractivity contribution in [2.24, 2.45) is 0 Å². The summed E-state index contributed by atoms with van der Waals surface area (Å²) in [7, 11) is 0. The first kappa shape index (κ1) is 19.4. The van der Waals surface area contributed by atoms with Gasteiger partial charge in [0.15, 0.2) is 0 Å². The van der Waals surface area contributed by atoms with E-state index in [0.29, 0.717) is 13.2 Å². The normalized spacial score (nSPS) is 11.8. The van der Waals surface area contributed by atoms with Crippen molar-refractivity contribution in [1.82, 2.24) is 5.32 Å². The lowest BCUT2D eigenvalue weighted by molar-refractivity contribution is -0.120. The fourth-order valence-corrected chi connectivity index (χ4v) is 3.38. The topological polar surface area (TPSA) is 38.3 Å². The second kappa shape index (κ2) is 10.8. The van der Waals surface area contributed by atoms with E-state index in [0.717, 1.165) is 24.3 Å². The molecule has 2 rings (SSSR count). The third kappa shape index (κ3) is 6.83. The van der Waals surface area contributed by atoms with Crippen LogP contribution in [0.5, 0.6) is 5.75 Å². The van der Waals surface area contributed by atoms with Crippen LogP contribution < -0.4 is 10.1 Å². The molecule has 0 heterocycles. The van der Waals surface area contributed by atoms with Gasteiger partial charge in [-0.1, -0.05) is 48.5 Å². The van der Waals surface area contributed by atoms with Crippen molar-refractivity contribution in [2.75, 3.05) is 13.2 Å². The lowest BCUT2D eigenvalue weighted by Gasteiger charge is -2.13. The van der Waals surface area contributed by atoms with Crippen LogP contribution in [0.15, 0.2) is 54.6 Å². The highest BCUT2D eigenvalue weighted by Crippen LogP contribution is 2.20. The Morgan fingerprint density at radius 2 is 1.84 bits per heavy atom. The van der Waals surface area contributed by atoms with Gasteiger partial charge < -0.3 is 10.1 Å². The van der Waals surface area contributed by atoms with E-state index in [1.54, 1.807) is 11.8 Å². The van der Waals surface area contributed by atoms with Crippen molar-refractivity contribution in [3.05, 3.63) is 65.7 Å². The summed E-state index contributed by atoms with van der Waals surface area (Å²) in [5, 5.41) is 2.99. The van der Waals surface area contributed by atoms with E-state index in [1.165, 1.54) is 11.1 Å². The number of para-hydroxylation sites is 1. The Balaban J connectivity index is 1.68. The number of benzene rings is 2. The van der Waals surface area contributed by atoms with E-state index < -0.39 is 0 Å². The van der Waals surface area contributed by atoms with Crippen molar-refractivity contribution >= 4 is 17.7 Å². The molecule has 0 aliphatic rings. The summed E-state index contributed by atoms with van der Waals surface area (Å²) in [6.45, 7) is 5.32. The van der Waals surface area contributed by atoms with Crippen LogP contribution in [0, 0.1) is 0 Å². The molecule has 0 radical (unpaired) electrons. The Labute approximate surface area is 155 Å². The van der Waals surface area contributed by atoms with Crippen LogP contribution in [0.2, 0.25) is 0 Å². The van der Waals surface area contributed by atoms with Crippen LogP contribution in [-0.2, 0) is 17.0 Å². The van der Waals surface area contributed by atoms with E-state index in [-0.39, 0.29) is 11.2 Å². The summed E-state index contributed by atoms with van der Waals surface area (Å²) in [5.41, 5.74) is 2.45. The number of nitrogens with one attached hydrogen (secondary N) is 1. The van der Waals surface area contributed by atoms with Gasteiger partial charge in [-0.3, -0.25) is 4.79 Å². The summed E-state index contributed by atoms with van der Waals surface area (Å²) >= 11 is 1.67. The molecule has 1 N–H and O–H groups in total. The highest BCUT2D eigenvalue weighted by atomic mass is 32.2. The first-order valence-electron chi connectivity index (χ1n) is 8.84. The quantitative estimate of drug-likeness (QED) is 0.638. The highest BCUT2D eigenvalue weighted by Gasteiger charge is 2.12. The van der Waals surface area contributed by atoms with E-state index in [4.69, 9.17) is 4.74 Å². The lowest BCUT2D eigenvalue weighted by atomic mass is 10.1. The molecule has 0 unspecified atom stereocenters. The van der Waals surface area contributed by atoms with Gasteiger partial charge >= 0.3 is 0 Å². The Morgan fingerprint density at radius 1 is 1.12 bits per heavy atom. The van der Waals surface area contributed by atoms with Crippen LogP contribution in [0.3, 0.4) is 0 Å². The fourth-order valence-electron chi connectivity index (χ4n) is 2.51. The van der Waals surface area contributed by atoms with Crippen molar-refractivity contribution in [2.45, 2.75) is 37.7 Å². The fraction of sp³-hybridized carbons (Fsp3) is 0.381. The SMILES string of the molecule is CCOc1ccccc1CCCNC(=O)[C@H](C)SCc1ccccc1. The number of carbonyl (C=O) groups excluding carboxylic acids is 1. The molecule has 134 valence electrons. The zero-order chi connectivity index (χ0) is 17.9. The predicted molar refractivity (Wildman–Crippen MR) is 106 cm³/mol. The largest absolute Gasteiger partial charge is 0.494 e. The average Bonchev–Trinajstić information content (AvgIpc) is 2.65. The molecule has 0 spiro atoms. The second-order valence-corrected chi connectivity index (χ2v) is 7.20. The van der Waals surface area contributed by atoms with Crippen molar-refractivity contribution in [3.63, 3.8) is 0 Å². The van der Waals surface area contributed by atoms with Gasteiger partial charge in [-0.25, -0.2) is 0 Å². The summed E-state index contributed by atoms with van der Waals surface area (Å²) in [6, 6.07) is 18.3. The second-order valence-electron chi connectivity index (χ2n) is 5.87. The van der Waals surface area contributed by atoms with Crippen molar-refractivity contribution in [1.29, 1.82) is 0 Å². The molecular weight excluding hydrogens is 330 g/mol. The molecule has 25 heavy (non-hydrogen) atoms. The minimum absolute atomic E-state index is 0.0454.